The second kappa shape index (κ2) is 7.75. The third-order valence-corrected chi connectivity index (χ3v) is 6.28. The van der Waals surface area contributed by atoms with Gasteiger partial charge < -0.3 is 19.4 Å². The highest BCUT2D eigenvalue weighted by atomic mass is 32.1. The van der Waals surface area contributed by atoms with Gasteiger partial charge in [0.05, 0.1) is 35.2 Å². The Hall–Kier alpha value is -4.18. The van der Waals surface area contributed by atoms with Crippen molar-refractivity contribution in [2.75, 3.05) is 12.0 Å². The number of Topliss-reactive ketones (excluding diaryl/α,β-unsaturated/α-hetero) is 1. The molecule has 0 saturated carbocycles. The number of carbonyl (C=O) groups is 2. The molecule has 2 aromatic heterocycles. The Kier molecular flexibility index (Phi) is 4.86. The minimum Gasteiger partial charge on any atom is -0.504 e. The number of furan rings is 1. The average molecular weight is 466 g/mol. The third kappa shape index (κ3) is 3.31. The highest BCUT2D eigenvalue weighted by Crippen LogP contribution is 2.45. The number of methoxy groups -OCH3 is 1. The van der Waals surface area contributed by atoms with E-state index in [9.17, 15) is 24.2 Å². The van der Waals surface area contributed by atoms with Gasteiger partial charge in [-0.05, 0) is 48.0 Å². The molecular formula is C23H15FN2O6S. The minimum atomic E-state index is -1.10. The molecule has 2 N–H and O–H groups in total. The van der Waals surface area contributed by atoms with Gasteiger partial charge in [-0.15, -0.1) is 0 Å². The zero-order valence-corrected chi connectivity index (χ0v) is 17.8. The first-order valence-corrected chi connectivity index (χ1v) is 10.5. The minimum absolute atomic E-state index is 0.0617. The number of halogens is 1. The quantitative estimate of drug-likeness (QED) is 0.416. The molecule has 1 unspecified atom stereocenters. The summed E-state index contributed by atoms with van der Waals surface area (Å²) >= 11 is 1.04. The molecule has 4 aromatic rings. The lowest BCUT2D eigenvalue weighted by Gasteiger charge is -2.24. The number of hydrogen-bond acceptors (Lipinski definition) is 8. The summed E-state index contributed by atoms with van der Waals surface area (Å²) in [7, 11) is 1.36. The van der Waals surface area contributed by atoms with Crippen LogP contribution in [0.5, 0.6) is 11.5 Å². The number of phenolic OH excluding ortho intramolecular Hbond substituents is 1. The summed E-state index contributed by atoms with van der Waals surface area (Å²) in [6.45, 7) is 0. The van der Waals surface area contributed by atoms with Gasteiger partial charge in [-0.2, -0.15) is 0 Å². The zero-order valence-electron chi connectivity index (χ0n) is 17.0. The number of aliphatic hydroxyl groups is 1. The van der Waals surface area contributed by atoms with Gasteiger partial charge in [0, 0.05) is 0 Å². The molecule has 0 bridgehead atoms. The third-order valence-electron chi connectivity index (χ3n) is 5.26. The summed E-state index contributed by atoms with van der Waals surface area (Å²) < 4.78 is 24.6. The molecule has 1 atom stereocenters. The van der Waals surface area contributed by atoms with Gasteiger partial charge in [-0.1, -0.05) is 17.4 Å². The van der Waals surface area contributed by atoms with E-state index in [0.29, 0.717) is 15.8 Å². The van der Waals surface area contributed by atoms with Crippen molar-refractivity contribution in [3.8, 4) is 11.5 Å². The summed E-state index contributed by atoms with van der Waals surface area (Å²) in [5.41, 5.74) is 0.618. The van der Waals surface area contributed by atoms with Crippen molar-refractivity contribution in [1.29, 1.82) is 0 Å². The maximum atomic E-state index is 13.7. The number of phenols is 1. The number of benzene rings is 2. The van der Waals surface area contributed by atoms with Gasteiger partial charge in [0.1, 0.15) is 5.82 Å². The first kappa shape index (κ1) is 20.7. The van der Waals surface area contributed by atoms with Gasteiger partial charge >= 0.3 is 0 Å². The maximum absolute atomic E-state index is 13.7. The second-order valence-corrected chi connectivity index (χ2v) is 8.20. The van der Waals surface area contributed by atoms with Crippen molar-refractivity contribution in [1.82, 2.24) is 4.98 Å². The first-order valence-electron chi connectivity index (χ1n) is 9.67. The van der Waals surface area contributed by atoms with E-state index in [-0.39, 0.29) is 28.0 Å². The highest BCUT2D eigenvalue weighted by Gasteiger charge is 2.46. The molecule has 1 amide bonds. The molecule has 1 aliphatic heterocycles. The van der Waals surface area contributed by atoms with Crippen molar-refractivity contribution in [3.05, 3.63) is 83.3 Å². The highest BCUT2D eigenvalue weighted by molar-refractivity contribution is 7.22. The number of ether oxygens (including phenoxy) is 1. The molecule has 0 fully saturated rings. The summed E-state index contributed by atoms with van der Waals surface area (Å²) in [6.07, 6.45) is 1.31. The van der Waals surface area contributed by atoms with Gasteiger partial charge in [0.2, 0.25) is 5.78 Å². The van der Waals surface area contributed by atoms with Crippen LogP contribution in [0.2, 0.25) is 0 Å². The number of thiazole rings is 1. The fourth-order valence-corrected chi connectivity index (χ4v) is 4.76. The molecule has 33 heavy (non-hydrogen) atoms. The van der Waals surface area contributed by atoms with E-state index in [1.54, 1.807) is 0 Å². The molecule has 8 nitrogen and oxygen atoms in total. The van der Waals surface area contributed by atoms with Crippen LogP contribution < -0.4 is 9.64 Å². The van der Waals surface area contributed by atoms with E-state index in [0.717, 1.165) is 11.3 Å². The standard InChI is InChI=1S/C23H15FN2O6S/c1-31-16-9-11(4-7-14(16)27)19-18(20(28)15-3-2-8-32-15)21(29)22(30)26(19)23-25-13-6-5-12(24)10-17(13)33-23/h2-10,19,27,29H,1H3. The molecule has 1 aliphatic rings. The molecule has 0 saturated heterocycles. The molecule has 0 spiro atoms. The number of fused-ring (bicyclic) bond motifs is 1. The number of aliphatic hydroxyl groups excluding tert-OH is 1. The Morgan fingerprint density at radius 2 is 2.03 bits per heavy atom. The van der Waals surface area contributed by atoms with E-state index in [2.05, 4.69) is 4.98 Å². The van der Waals surface area contributed by atoms with Crippen LogP contribution in [0.25, 0.3) is 10.2 Å². The monoisotopic (exact) mass is 466 g/mol. The van der Waals surface area contributed by atoms with Crippen molar-refractivity contribution in [2.45, 2.75) is 6.04 Å². The number of amides is 1. The van der Waals surface area contributed by atoms with E-state index < -0.39 is 29.3 Å². The van der Waals surface area contributed by atoms with Crippen LogP contribution in [0.15, 0.2) is 70.5 Å². The number of ketones is 1. The Balaban J connectivity index is 1.70. The Morgan fingerprint density at radius 3 is 2.76 bits per heavy atom. The number of nitrogens with zero attached hydrogens (tertiary/aromatic N) is 2. The lowest BCUT2D eigenvalue weighted by molar-refractivity contribution is -0.117. The number of hydrogen-bond donors (Lipinski definition) is 2. The predicted molar refractivity (Wildman–Crippen MR) is 117 cm³/mol. The van der Waals surface area contributed by atoms with Crippen LogP contribution in [-0.2, 0) is 4.79 Å². The zero-order chi connectivity index (χ0) is 23.3. The Bertz CT molecular complexity index is 1440. The largest absolute Gasteiger partial charge is 0.504 e. The fraction of sp³-hybridized carbons (Fsp3) is 0.0870. The van der Waals surface area contributed by atoms with Crippen LogP contribution >= 0.6 is 11.3 Å². The predicted octanol–water partition coefficient (Wildman–Crippen LogP) is 4.53. The van der Waals surface area contributed by atoms with E-state index in [4.69, 9.17) is 9.15 Å². The number of carbonyl (C=O) groups excluding carboxylic acids is 2. The summed E-state index contributed by atoms with van der Waals surface area (Å²) in [5, 5.41) is 20.9. The van der Waals surface area contributed by atoms with Gasteiger partial charge in [-0.25, -0.2) is 9.37 Å². The van der Waals surface area contributed by atoms with Crippen molar-refractivity contribution in [3.63, 3.8) is 0 Å². The van der Waals surface area contributed by atoms with Crippen LogP contribution in [0, 0.1) is 5.82 Å². The summed E-state index contributed by atoms with van der Waals surface area (Å²) in [4.78, 5) is 32.0. The normalized spacial score (nSPS) is 16.1. The Morgan fingerprint density at radius 1 is 1.21 bits per heavy atom. The Labute approximate surface area is 189 Å². The molecule has 3 heterocycles. The smallest absolute Gasteiger partial charge is 0.296 e. The maximum Gasteiger partial charge on any atom is 0.296 e. The molecule has 2 aromatic carbocycles. The molecular weight excluding hydrogens is 451 g/mol. The number of aromatic nitrogens is 1. The molecule has 166 valence electrons. The number of rotatable bonds is 5. The lowest BCUT2D eigenvalue weighted by Crippen LogP contribution is -2.31. The van der Waals surface area contributed by atoms with E-state index in [1.807, 2.05) is 0 Å². The van der Waals surface area contributed by atoms with Crippen molar-refractivity contribution in [2.24, 2.45) is 0 Å². The average Bonchev–Trinajstić information content (AvgIpc) is 3.53. The van der Waals surface area contributed by atoms with Crippen LogP contribution in [0.3, 0.4) is 0 Å². The first-order chi connectivity index (χ1) is 15.9. The molecule has 5 rings (SSSR count). The van der Waals surface area contributed by atoms with Crippen LogP contribution in [0.4, 0.5) is 9.52 Å². The van der Waals surface area contributed by atoms with Gasteiger partial charge in [0.15, 0.2) is 28.1 Å². The summed E-state index contributed by atoms with van der Waals surface area (Å²) in [5.74, 6) is -2.83. The SMILES string of the molecule is COc1cc(C2C(C(=O)c3ccco3)=C(O)C(=O)N2c2nc3ccc(F)cc3s2)ccc1O. The van der Waals surface area contributed by atoms with Gasteiger partial charge in [0.25, 0.3) is 5.91 Å². The second-order valence-electron chi connectivity index (χ2n) is 7.19. The topological polar surface area (TPSA) is 113 Å². The number of anilines is 1. The van der Waals surface area contributed by atoms with Crippen LogP contribution in [-0.4, -0.2) is 34.0 Å². The molecule has 10 heteroatoms. The fourth-order valence-electron chi connectivity index (χ4n) is 3.74. The molecule has 0 aliphatic carbocycles. The van der Waals surface area contributed by atoms with Crippen molar-refractivity contribution >= 4 is 38.4 Å². The lowest BCUT2D eigenvalue weighted by atomic mass is 9.95. The van der Waals surface area contributed by atoms with E-state index in [1.165, 1.54) is 66.8 Å². The van der Waals surface area contributed by atoms with Crippen LogP contribution in [0.1, 0.15) is 22.2 Å². The van der Waals surface area contributed by atoms with Gasteiger partial charge in [-0.3, -0.25) is 14.5 Å². The number of aromatic hydroxyl groups is 1. The van der Waals surface area contributed by atoms with E-state index >= 15 is 0 Å². The summed E-state index contributed by atoms with van der Waals surface area (Å²) in [6, 6.07) is 10.2. The van der Waals surface area contributed by atoms with Crippen molar-refractivity contribution < 1.29 is 33.3 Å². The molecule has 0 radical (unpaired) electrons.